The number of hydrogen-bond donors (Lipinski definition) is 1. The quantitative estimate of drug-likeness (QED) is 0.827. The van der Waals surface area contributed by atoms with Crippen LogP contribution in [0.2, 0.25) is 4.34 Å². The molecule has 1 unspecified atom stereocenters. The highest BCUT2D eigenvalue weighted by molar-refractivity contribution is 7.16. The van der Waals surface area contributed by atoms with Gasteiger partial charge in [0.2, 0.25) is 0 Å². The SMILES string of the molecule is CCC1CCc2c(sc(Cl)c2CN)C1. The fourth-order valence-corrected chi connectivity index (χ4v) is 3.92. The molecule has 0 spiro atoms. The molecule has 1 aromatic rings. The average Bonchev–Trinajstić information content (AvgIpc) is 2.51. The molecular weight excluding hydrogens is 214 g/mol. The molecule has 1 aliphatic carbocycles. The van der Waals surface area contributed by atoms with Crippen LogP contribution in [0.15, 0.2) is 0 Å². The van der Waals surface area contributed by atoms with E-state index in [0.717, 1.165) is 10.3 Å². The van der Waals surface area contributed by atoms with Gasteiger partial charge in [-0.2, -0.15) is 0 Å². The first-order valence-electron chi connectivity index (χ1n) is 5.25. The smallest absolute Gasteiger partial charge is 0.0978 e. The van der Waals surface area contributed by atoms with Crippen LogP contribution in [0.4, 0.5) is 0 Å². The van der Waals surface area contributed by atoms with Crippen molar-refractivity contribution in [2.45, 2.75) is 39.2 Å². The van der Waals surface area contributed by atoms with Gasteiger partial charge in [-0.3, -0.25) is 0 Å². The molecule has 0 aliphatic heterocycles. The molecule has 0 saturated carbocycles. The maximum absolute atomic E-state index is 6.16. The summed E-state index contributed by atoms with van der Waals surface area (Å²) in [7, 11) is 0. The van der Waals surface area contributed by atoms with Crippen molar-refractivity contribution in [1.82, 2.24) is 0 Å². The number of nitrogens with two attached hydrogens (primary N) is 1. The highest BCUT2D eigenvalue weighted by Gasteiger charge is 2.23. The summed E-state index contributed by atoms with van der Waals surface area (Å²) in [6.45, 7) is 2.87. The molecule has 14 heavy (non-hydrogen) atoms. The van der Waals surface area contributed by atoms with E-state index >= 15 is 0 Å². The molecule has 0 aromatic carbocycles. The maximum atomic E-state index is 6.16. The first-order chi connectivity index (χ1) is 6.76. The van der Waals surface area contributed by atoms with Crippen LogP contribution in [0.25, 0.3) is 0 Å². The van der Waals surface area contributed by atoms with Gasteiger partial charge in [0.15, 0.2) is 0 Å². The molecule has 1 atom stereocenters. The summed E-state index contributed by atoms with van der Waals surface area (Å²) in [5.74, 6) is 0.864. The van der Waals surface area contributed by atoms with Crippen LogP contribution >= 0.6 is 22.9 Å². The molecule has 2 N–H and O–H groups in total. The molecule has 0 saturated heterocycles. The normalized spacial score (nSPS) is 20.9. The Hall–Kier alpha value is -0.0500. The Morgan fingerprint density at radius 1 is 1.57 bits per heavy atom. The van der Waals surface area contributed by atoms with E-state index < -0.39 is 0 Å². The van der Waals surface area contributed by atoms with Gasteiger partial charge in [0.05, 0.1) is 4.34 Å². The second-order valence-electron chi connectivity index (χ2n) is 3.98. The molecule has 0 fully saturated rings. The summed E-state index contributed by atoms with van der Waals surface area (Å²) in [6, 6.07) is 0. The van der Waals surface area contributed by atoms with Crippen molar-refractivity contribution in [3.63, 3.8) is 0 Å². The third kappa shape index (κ3) is 1.71. The van der Waals surface area contributed by atoms with Crippen molar-refractivity contribution in [2.24, 2.45) is 11.7 Å². The minimum Gasteiger partial charge on any atom is -0.326 e. The molecule has 3 heteroatoms. The second-order valence-corrected chi connectivity index (χ2v) is 5.68. The van der Waals surface area contributed by atoms with E-state index in [1.54, 1.807) is 11.3 Å². The molecule has 1 nitrogen and oxygen atoms in total. The first-order valence-corrected chi connectivity index (χ1v) is 6.44. The molecular formula is C11H16ClNS. The van der Waals surface area contributed by atoms with Gasteiger partial charge < -0.3 is 5.73 Å². The number of thiophene rings is 1. The van der Waals surface area contributed by atoms with E-state index in [9.17, 15) is 0 Å². The lowest BCUT2D eigenvalue weighted by Crippen LogP contribution is -2.13. The maximum Gasteiger partial charge on any atom is 0.0978 e. The van der Waals surface area contributed by atoms with Gasteiger partial charge in [0.1, 0.15) is 0 Å². The van der Waals surface area contributed by atoms with Crippen molar-refractivity contribution in [3.8, 4) is 0 Å². The van der Waals surface area contributed by atoms with Crippen LogP contribution in [0.5, 0.6) is 0 Å². The molecule has 1 aliphatic rings. The number of hydrogen-bond acceptors (Lipinski definition) is 2. The molecule has 2 rings (SSSR count). The number of fused-ring (bicyclic) bond motifs is 1. The fourth-order valence-electron chi connectivity index (χ4n) is 2.24. The molecule has 0 amide bonds. The Morgan fingerprint density at radius 2 is 2.36 bits per heavy atom. The van der Waals surface area contributed by atoms with E-state index in [1.165, 1.54) is 41.7 Å². The van der Waals surface area contributed by atoms with E-state index in [-0.39, 0.29) is 0 Å². The summed E-state index contributed by atoms with van der Waals surface area (Å²) in [5, 5.41) is 0. The fraction of sp³-hybridized carbons (Fsp3) is 0.636. The summed E-state index contributed by atoms with van der Waals surface area (Å²) in [6.07, 6.45) is 5.00. The minimum atomic E-state index is 0.599. The van der Waals surface area contributed by atoms with Crippen LogP contribution in [0.3, 0.4) is 0 Å². The number of halogens is 1. The van der Waals surface area contributed by atoms with E-state index in [1.807, 2.05) is 0 Å². The molecule has 0 bridgehead atoms. The van der Waals surface area contributed by atoms with Gasteiger partial charge in [-0.15, -0.1) is 11.3 Å². The summed E-state index contributed by atoms with van der Waals surface area (Å²) in [5.41, 5.74) is 8.38. The largest absolute Gasteiger partial charge is 0.326 e. The minimum absolute atomic E-state index is 0.599. The van der Waals surface area contributed by atoms with Crippen molar-refractivity contribution in [3.05, 3.63) is 20.3 Å². The lowest BCUT2D eigenvalue weighted by Gasteiger charge is -2.21. The zero-order valence-electron chi connectivity index (χ0n) is 8.48. The standard InChI is InChI=1S/C11H16ClNS/c1-2-7-3-4-8-9(6-13)11(12)14-10(8)5-7/h7H,2-6,13H2,1H3. The van der Waals surface area contributed by atoms with Gasteiger partial charge in [-0.05, 0) is 36.3 Å². The lowest BCUT2D eigenvalue weighted by molar-refractivity contribution is 0.449. The first kappa shape index (κ1) is 10.5. The van der Waals surface area contributed by atoms with Crippen LogP contribution in [-0.2, 0) is 19.4 Å². The summed E-state index contributed by atoms with van der Waals surface area (Å²) < 4.78 is 0.925. The van der Waals surface area contributed by atoms with Crippen LogP contribution in [0, 0.1) is 5.92 Å². The van der Waals surface area contributed by atoms with Crippen molar-refractivity contribution in [2.75, 3.05) is 0 Å². The van der Waals surface area contributed by atoms with Crippen molar-refractivity contribution in [1.29, 1.82) is 0 Å². The third-order valence-electron chi connectivity index (χ3n) is 3.21. The Balaban J connectivity index is 2.31. The van der Waals surface area contributed by atoms with E-state index in [2.05, 4.69) is 6.92 Å². The third-order valence-corrected chi connectivity index (χ3v) is 4.75. The Kier molecular flexibility index (Phi) is 3.15. The molecule has 1 aromatic heterocycles. The van der Waals surface area contributed by atoms with Crippen LogP contribution in [-0.4, -0.2) is 0 Å². The molecule has 1 heterocycles. The predicted octanol–water partition coefficient (Wildman–Crippen LogP) is 3.38. The zero-order chi connectivity index (χ0) is 10.1. The van der Waals surface area contributed by atoms with E-state index in [0.29, 0.717) is 6.54 Å². The van der Waals surface area contributed by atoms with Crippen LogP contribution < -0.4 is 5.73 Å². The Bertz CT molecular complexity index is 332. The second kappa shape index (κ2) is 4.21. The van der Waals surface area contributed by atoms with Gasteiger partial charge >= 0.3 is 0 Å². The average molecular weight is 230 g/mol. The predicted molar refractivity (Wildman–Crippen MR) is 63.0 cm³/mol. The Labute approximate surface area is 94.3 Å². The molecule has 78 valence electrons. The van der Waals surface area contributed by atoms with Gasteiger partial charge in [-0.1, -0.05) is 24.9 Å². The number of rotatable bonds is 2. The zero-order valence-corrected chi connectivity index (χ0v) is 10.0. The van der Waals surface area contributed by atoms with Crippen LogP contribution in [0.1, 0.15) is 35.8 Å². The Morgan fingerprint density at radius 3 is 3.00 bits per heavy atom. The topological polar surface area (TPSA) is 26.0 Å². The monoisotopic (exact) mass is 229 g/mol. The van der Waals surface area contributed by atoms with Gasteiger partial charge in [0.25, 0.3) is 0 Å². The van der Waals surface area contributed by atoms with Crippen molar-refractivity contribution < 1.29 is 0 Å². The van der Waals surface area contributed by atoms with Crippen molar-refractivity contribution >= 4 is 22.9 Å². The lowest BCUT2D eigenvalue weighted by atomic mass is 9.86. The highest BCUT2D eigenvalue weighted by Crippen LogP contribution is 2.39. The van der Waals surface area contributed by atoms with Gasteiger partial charge in [0, 0.05) is 11.4 Å². The summed E-state index contributed by atoms with van der Waals surface area (Å²) >= 11 is 7.91. The van der Waals surface area contributed by atoms with Gasteiger partial charge in [-0.25, -0.2) is 0 Å². The molecule has 0 radical (unpaired) electrons. The summed E-state index contributed by atoms with van der Waals surface area (Å²) in [4.78, 5) is 1.49. The highest BCUT2D eigenvalue weighted by atomic mass is 35.5. The van der Waals surface area contributed by atoms with E-state index in [4.69, 9.17) is 17.3 Å².